The second-order valence-electron chi connectivity index (χ2n) is 2.92. The third-order valence-electron chi connectivity index (χ3n) is 1.73. The van der Waals surface area contributed by atoms with Gasteiger partial charge in [-0.25, -0.2) is 4.98 Å². The van der Waals surface area contributed by atoms with Crippen LogP contribution < -0.4 is 5.56 Å². The molecule has 0 spiro atoms. The molecule has 1 aromatic heterocycles. The molecule has 0 bridgehead atoms. The smallest absolute Gasteiger partial charge is 0.317 e. The Morgan fingerprint density at radius 3 is 3.00 bits per heavy atom. The predicted octanol–water partition coefficient (Wildman–Crippen LogP) is 0.796. The molecule has 0 atom stereocenters. The lowest BCUT2D eigenvalue weighted by molar-refractivity contribution is -0.141. The lowest BCUT2D eigenvalue weighted by atomic mass is 10.3. The topological polar surface area (TPSA) is 72.0 Å². The number of hydrogen-bond donors (Lipinski definition) is 1. The van der Waals surface area contributed by atoms with Gasteiger partial charge in [0.15, 0.2) is 5.16 Å². The zero-order valence-corrected chi connectivity index (χ0v) is 10.4. The molecule has 0 aliphatic heterocycles. The normalized spacial score (nSPS) is 9.29. The maximum atomic E-state index is 11.5. The van der Waals surface area contributed by atoms with E-state index in [9.17, 15) is 9.59 Å². The van der Waals surface area contributed by atoms with Crippen molar-refractivity contribution in [2.24, 2.45) is 0 Å². The van der Waals surface area contributed by atoms with Crippen molar-refractivity contribution in [3.8, 4) is 11.8 Å². The Morgan fingerprint density at radius 1 is 1.65 bits per heavy atom. The monoisotopic (exact) mass is 252 g/mol. The predicted molar refractivity (Wildman–Crippen MR) is 64.8 cm³/mol. The quantitative estimate of drug-likeness (QED) is 0.373. The van der Waals surface area contributed by atoms with E-state index in [1.807, 2.05) is 6.26 Å². The standard InChI is InChI=1S/C11H12N2O3S/c1-3-16-9(14)6-4-5-8-7-12-11(17-2)13-10(8)15/h7H,3,6H2,1-2H3,(H,12,13,15). The molecule has 0 radical (unpaired) electrons. The van der Waals surface area contributed by atoms with Crippen LogP contribution in [0.4, 0.5) is 0 Å². The van der Waals surface area contributed by atoms with Gasteiger partial charge in [0.25, 0.3) is 5.56 Å². The van der Waals surface area contributed by atoms with Gasteiger partial charge in [-0.05, 0) is 13.2 Å². The van der Waals surface area contributed by atoms with Crippen molar-refractivity contribution in [2.75, 3.05) is 12.9 Å². The Morgan fingerprint density at radius 2 is 2.41 bits per heavy atom. The number of esters is 1. The van der Waals surface area contributed by atoms with Crippen LogP contribution in [0.1, 0.15) is 18.9 Å². The first kappa shape index (κ1) is 13.3. The van der Waals surface area contributed by atoms with E-state index in [4.69, 9.17) is 4.74 Å². The fourth-order valence-corrected chi connectivity index (χ4v) is 1.35. The number of aromatic amines is 1. The minimum absolute atomic E-state index is 0.0302. The summed E-state index contributed by atoms with van der Waals surface area (Å²) in [4.78, 5) is 29.0. The highest BCUT2D eigenvalue weighted by molar-refractivity contribution is 7.98. The summed E-state index contributed by atoms with van der Waals surface area (Å²) < 4.78 is 4.70. The van der Waals surface area contributed by atoms with Crippen LogP contribution in [0.25, 0.3) is 0 Å². The van der Waals surface area contributed by atoms with Crippen LogP contribution >= 0.6 is 11.8 Å². The second-order valence-corrected chi connectivity index (χ2v) is 3.71. The van der Waals surface area contributed by atoms with Crippen LogP contribution in [0.3, 0.4) is 0 Å². The van der Waals surface area contributed by atoms with E-state index >= 15 is 0 Å². The SMILES string of the molecule is CCOC(=O)CC#Cc1cnc(SC)[nH]c1=O. The fourth-order valence-electron chi connectivity index (χ4n) is 0.995. The summed E-state index contributed by atoms with van der Waals surface area (Å²) in [6, 6.07) is 0. The van der Waals surface area contributed by atoms with Gasteiger partial charge in [-0.15, -0.1) is 0 Å². The zero-order chi connectivity index (χ0) is 12.7. The summed E-state index contributed by atoms with van der Waals surface area (Å²) in [6.45, 7) is 2.05. The number of nitrogens with one attached hydrogen (secondary N) is 1. The average Bonchev–Trinajstić information content (AvgIpc) is 2.31. The minimum Gasteiger partial charge on any atom is -0.465 e. The zero-order valence-electron chi connectivity index (χ0n) is 9.57. The molecule has 5 nitrogen and oxygen atoms in total. The molecule has 0 amide bonds. The van der Waals surface area contributed by atoms with E-state index < -0.39 is 5.97 Å². The molecule has 0 saturated carbocycles. The van der Waals surface area contributed by atoms with Gasteiger partial charge in [-0.3, -0.25) is 9.59 Å². The van der Waals surface area contributed by atoms with Gasteiger partial charge in [0.2, 0.25) is 0 Å². The summed E-state index contributed by atoms with van der Waals surface area (Å²) in [5.41, 5.74) is -0.0622. The van der Waals surface area contributed by atoms with Crippen LogP contribution in [0.5, 0.6) is 0 Å². The maximum Gasteiger partial charge on any atom is 0.317 e. The number of aromatic nitrogens is 2. The molecule has 0 saturated heterocycles. The molecule has 1 heterocycles. The van der Waals surface area contributed by atoms with Crippen LogP contribution in [-0.2, 0) is 9.53 Å². The number of H-pyrrole nitrogens is 1. The Labute approximate surface area is 103 Å². The Balaban J connectivity index is 2.72. The highest BCUT2D eigenvalue weighted by Crippen LogP contribution is 2.03. The molecule has 0 aromatic carbocycles. The lowest BCUT2D eigenvalue weighted by Gasteiger charge is -1.95. The Bertz CT molecular complexity index is 513. The number of carbonyl (C=O) groups excluding carboxylic acids is 1. The van der Waals surface area contributed by atoms with Crippen LogP contribution in [0, 0.1) is 11.8 Å². The van der Waals surface area contributed by atoms with E-state index in [-0.39, 0.29) is 17.5 Å². The van der Waals surface area contributed by atoms with Crippen molar-refractivity contribution >= 4 is 17.7 Å². The van der Waals surface area contributed by atoms with Crippen LogP contribution in [0.2, 0.25) is 0 Å². The van der Waals surface area contributed by atoms with Gasteiger partial charge in [-0.2, -0.15) is 0 Å². The van der Waals surface area contributed by atoms with Gasteiger partial charge in [0, 0.05) is 0 Å². The number of thioether (sulfide) groups is 1. The lowest BCUT2D eigenvalue weighted by Crippen LogP contribution is -2.11. The van der Waals surface area contributed by atoms with E-state index in [1.165, 1.54) is 18.0 Å². The second kappa shape index (κ2) is 6.76. The first-order chi connectivity index (χ1) is 8.17. The molecular weight excluding hydrogens is 240 g/mol. The number of nitrogens with zero attached hydrogens (tertiary/aromatic N) is 1. The molecule has 6 heteroatoms. The molecule has 1 rings (SSSR count). The van der Waals surface area contributed by atoms with Crippen LogP contribution in [0.15, 0.2) is 16.1 Å². The summed E-state index contributed by atoms with van der Waals surface area (Å²) in [5.74, 6) is 4.76. The van der Waals surface area contributed by atoms with Crippen molar-refractivity contribution in [1.82, 2.24) is 9.97 Å². The molecule has 0 aliphatic carbocycles. The van der Waals surface area contributed by atoms with E-state index in [2.05, 4.69) is 21.8 Å². The van der Waals surface area contributed by atoms with Gasteiger partial charge < -0.3 is 9.72 Å². The van der Waals surface area contributed by atoms with Gasteiger partial charge in [0.1, 0.15) is 12.0 Å². The number of carbonyl (C=O) groups is 1. The number of ether oxygens (including phenoxy) is 1. The summed E-state index contributed by atoms with van der Waals surface area (Å²) in [5, 5.41) is 0.533. The van der Waals surface area contributed by atoms with E-state index in [1.54, 1.807) is 6.92 Å². The molecule has 0 aliphatic rings. The van der Waals surface area contributed by atoms with E-state index in [0.717, 1.165) is 0 Å². The maximum absolute atomic E-state index is 11.5. The molecular formula is C11H12N2O3S. The average molecular weight is 252 g/mol. The molecule has 0 fully saturated rings. The first-order valence-electron chi connectivity index (χ1n) is 4.95. The number of rotatable bonds is 3. The summed E-state index contributed by atoms with van der Waals surface area (Å²) in [6.07, 6.45) is 3.17. The number of hydrogen-bond acceptors (Lipinski definition) is 5. The van der Waals surface area contributed by atoms with Crippen molar-refractivity contribution in [3.63, 3.8) is 0 Å². The third-order valence-corrected chi connectivity index (χ3v) is 2.32. The molecule has 90 valence electrons. The van der Waals surface area contributed by atoms with Crippen molar-refractivity contribution < 1.29 is 9.53 Å². The molecule has 1 aromatic rings. The third kappa shape index (κ3) is 4.33. The Kier molecular flexibility index (Phi) is 5.30. The molecule has 17 heavy (non-hydrogen) atoms. The van der Waals surface area contributed by atoms with Crippen LogP contribution in [-0.4, -0.2) is 28.8 Å². The van der Waals surface area contributed by atoms with Gasteiger partial charge in [0.05, 0.1) is 12.8 Å². The highest BCUT2D eigenvalue weighted by atomic mass is 32.2. The van der Waals surface area contributed by atoms with Crippen molar-refractivity contribution in [1.29, 1.82) is 0 Å². The first-order valence-corrected chi connectivity index (χ1v) is 6.17. The van der Waals surface area contributed by atoms with Gasteiger partial charge >= 0.3 is 5.97 Å². The van der Waals surface area contributed by atoms with Gasteiger partial charge in [-0.1, -0.05) is 23.6 Å². The summed E-state index contributed by atoms with van der Waals surface area (Å²) in [7, 11) is 0. The largest absolute Gasteiger partial charge is 0.465 e. The molecule has 1 N–H and O–H groups in total. The summed E-state index contributed by atoms with van der Waals surface area (Å²) >= 11 is 1.34. The highest BCUT2D eigenvalue weighted by Gasteiger charge is 1.99. The van der Waals surface area contributed by atoms with E-state index in [0.29, 0.717) is 11.8 Å². The van der Waals surface area contributed by atoms with Crippen molar-refractivity contribution in [3.05, 3.63) is 22.1 Å². The minimum atomic E-state index is -0.398. The molecule has 0 unspecified atom stereocenters. The van der Waals surface area contributed by atoms with Crippen molar-refractivity contribution in [2.45, 2.75) is 18.5 Å². The Hall–Kier alpha value is -1.74. The fraction of sp³-hybridized carbons (Fsp3) is 0.364.